The molecule has 0 saturated heterocycles. The Balaban J connectivity index is 2.29. The summed E-state index contributed by atoms with van der Waals surface area (Å²) in [5.74, 6) is 0.422. The zero-order valence-electron chi connectivity index (χ0n) is 11.6. The summed E-state index contributed by atoms with van der Waals surface area (Å²) in [5, 5.41) is 4.72. The van der Waals surface area contributed by atoms with Crippen LogP contribution in [0.2, 0.25) is 0 Å². The highest BCUT2D eigenvalue weighted by Gasteiger charge is 2.09. The van der Waals surface area contributed by atoms with Crippen molar-refractivity contribution in [2.45, 2.75) is 6.92 Å². The largest absolute Gasteiger partial charge is 0.497 e. The number of nitrogens with one attached hydrogen (secondary N) is 1. The SMILES string of the molecule is COc1ccc2c(c1)c(=O)oc1cc(NC(C)=O)ccc12. The molecule has 5 nitrogen and oxygen atoms in total. The summed E-state index contributed by atoms with van der Waals surface area (Å²) in [6, 6.07) is 10.5. The van der Waals surface area contributed by atoms with E-state index in [0.717, 1.165) is 10.8 Å². The number of methoxy groups -OCH3 is 1. The van der Waals surface area contributed by atoms with Gasteiger partial charge in [-0.25, -0.2) is 4.79 Å². The smallest absolute Gasteiger partial charge is 0.344 e. The molecule has 0 saturated carbocycles. The molecule has 0 spiro atoms. The molecule has 2 aromatic carbocycles. The molecule has 1 aromatic heterocycles. The zero-order valence-corrected chi connectivity index (χ0v) is 11.6. The molecular weight excluding hydrogens is 270 g/mol. The molecule has 0 radical (unpaired) electrons. The van der Waals surface area contributed by atoms with Gasteiger partial charge in [0.05, 0.1) is 12.5 Å². The fourth-order valence-corrected chi connectivity index (χ4v) is 2.32. The first-order chi connectivity index (χ1) is 10.1. The predicted octanol–water partition coefficient (Wildman–Crippen LogP) is 2.91. The molecule has 1 N–H and O–H groups in total. The lowest BCUT2D eigenvalue weighted by molar-refractivity contribution is -0.114. The number of hydrogen-bond acceptors (Lipinski definition) is 4. The Morgan fingerprint density at radius 2 is 1.86 bits per heavy atom. The first kappa shape index (κ1) is 13.2. The Morgan fingerprint density at radius 1 is 1.10 bits per heavy atom. The number of anilines is 1. The van der Waals surface area contributed by atoms with E-state index in [1.165, 1.54) is 6.92 Å². The molecular formula is C16H13NO4. The minimum absolute atomic E-state index is 0.178. The van der Waals surface area contributed by atoms with Gasteiger partial charge in [0.15, 0.2) is 0 Å². The molecule has 0 aliphatic heterocycles. The van der Waals surface area contributed by atoms with Crippen LogP contribution in [0.15, 0.2) is 45.6 Å². The lowest BCUT2D eigenvalue weighted by Crippen LogP contribution is -2.06. The topological polar surface area (TPSA) is 68.5 Å². The fraction of sp³-hybridized carbons (Fsp3) is 0.125. The Labute approximate surface area is 120 Å². The lowest BCUT2D eigenvalue weighted by atomic mass is 10.1. The third-order valence-corrected chi connectivity index (χ3v) is 3.24. The number of amides is 1. The summed E-state index contributed by atoms with van der Waals surface area (Å²) in [6.07, 6.45) is 0. The Morgan fingerprint density at radius 3 is 2.57 bits per heavy atom. The number of carbonyl (C=O) groups is 1. The molecule has 3 rings (SSSR count). The summed E-state index contributed by atoms with van der Waals surface area (Å²) in [4.78, 5) is 23.2. The molecule has 0 unspecified atom stereocenters. The first-order valence-corrected chi connectivity index (χ1v) is 6.40. The summed E-state index contributed by atoms with van der Waals surface area (Å²) in [6.45, 7) is 1.42. The van der Waals surface area contributed by atoms with Gasteiger partial charge in [-0.3, -0.25) is 4.79 Å². The second kappa shape index (κ2) is 4.94. The van der Waals surface area contributed by atoms with E-state index < -0.39 is 5.63 Å². The van der Waals surface area contributed by atoms with Crippen LogP contribution in [-0.4, -0.2) is 13.0 Å². The van der Waals surface area contributed by atoms with E-state index >= 15 is 0 Å². The van der Waals surface area contributed by atoms with Gasteiger partial charge in [0.2, 0.25) is 5.91 Å². The van der Waals surface area contributed by atoms with Crippen molar-refractivity contribution in [1.29, 1.82) is 0 Å². The molecule has 3 aromatic rings. The number of rotatable bonds is 2. The van der Waals surface area contributed by atoms with Gasteiger partial charge >= 0.3 is 5.63 Å². The van der Waals surface area contributed by atoms with Gasteiger partial charge in [-0.2, -0.15) is 0 Å². The van der Waals surface area contributed by atoms with Gasteiger partial charge in [-0.05, 0) is 30.3 Å². The van der Waals surface area contributed by atoms with Crippen molar-refractivity contribution in [2.24, 2.45) is 0 Å². The van der Waals surface area contributed by atoms with E-state index in [4.69, 9.17) is 9.15 Å². The van der Waals surface area contributed by atoms with Crippen LogP contribution in [0.5, 0.6) is 5.75 Å². The van der Waals surface area contributed by atoms with Crippen LogP contribution in [0.3, 0.4) is 0 Å². The van der Waals surface area contributed by atoms with Crippen LogP contribution >= 0.6 is 0 Å². The Bertz CT molecular complexity index is 911. The van der Waals surface area contributed by atoms with Gasteiger partial charge in [-0.15, -0.1) is 0 Å². The standard InChI is InChI=1S/C16H13NO4/c1-9(18)17-10-3-5-13-12-6-4-11(20-2)8-14(12)16(19)21-15(13)7-10/h3-8H,1-2H3,(H,17,18). The Kier molecular flexibility index (Phi) is 3.10. The van der Waals surface area contributed by atoms with Crippen molar-refractivity contribution in [3.05, 3.63) is 46.8 Å². The lowest BCUT2D eigenvalue weighted by Gasteiger charge is -2.07. The first-order valence-electron chi connectivity index (χ1n) is 6.40. The van der Waals surface area contributed by atoms with Crippen LogP contribution < -0.4 is 15.7 Å². The van der Waals surface area contributed by atoms with E-state index in [9.17, 15) is 9.59 Å². The monoisotopic (exact) mass is 283 g/mol. The maximum absolute atomic E-state index is 12.1. The molecule has 5 heteroatoms. The van der Waals surface area contributed by atoms with Crippen LogP contribution in [0.4, 0.5) is 5.69 Å². The minimum Gasteiger partial charge on any atom is -0.497 e. The van der Waals surface area contributed by atoms with Crippen LogP contribution in [0.25, 0.3) is 21.7 Å². The number of carbonyl (C=O) groups excluding carboxylic acids is 1. The predicted molar refractivity (Wildman–Crippen MR) is 80.8 cm³/mol. The highest BCUT2D eigenvalue weighted by molar-refractivity contribution is 6.06. The quantitative estimate of drug-likeness (QED) is 0.580. The highest BCUT2D eigenvalue weighted by Crippen LogP contribution is 2.27. The number of fused-ring (bicyclic) bond motifs is 3. The number of hydrogen-bond donors (Lipinski definition) is 1. The van der Waals surface area contributed by atoms with E-state index in [-0.39, 0.29) is 5.91 Å². The van der Waals surface area contributed by atoms with Crippen molar-refractivity contribution in [2.75, 3.05) is 12.4 Å². The molecule has 0 bridgehead atoms. The van der Waals surface area contributed by atoms with Crippen molar-refractivity contribution >= 4 is 33.3 Å². The van der Waals surface area contributed by atoms with Gasteiger partial charge in [0.1, 0.15) is 11.3 Å². The zero-order chi connectivity index (χ0) is 15.0. The number of ether oxygens (including phenoxy) is 1. The van der Waals surface area contributed by atoms with Crippen molar-refractivity contribution in [3.8, 4) is 5.75 Å². The van der Waals surface area contributed by atoms with Gasteiger partial charge < -0.3 is 14.5 Å². The minimum atomic E-state index is -0.434. The molecule has 106 valence electrons. The van der Waals surface area contributed by atoms with Gasteiger partial charge in [0.25, 0.3) is 0 Å². The fourth-order valence-electron chi connectivity index (χ4n) is 2.32. The second-order valence-electron chi connectivity index (χ2n) is 4.69. The summed E-state index contributed by atoms with van der Waals surface area (Å²) in [5.41, 5.74) is 0.589. The third-order valence-electron chi connectivity index (χ3n) is 3.24. The molecule has 1 heterocycles. The van der Waals surface area contributed by atoms with Gasteiger partial charge in [0, 0.05) is 29.4 Å². The van der Waals surface area contributed by atoms with Crippen molar-refractivity contribution < 1.29 is 13.9 Å². The summed E-state index contributed by atoms with van der Waals surface area (Å²) in [7, 11) is 1.55. The van der Waals surface area contributed by atoms with E-state index in [1.54, 1.807) is 31.4 Å². The van der Waals surface area contributed by atoms with Crippen LogP contribution in [0, 0.1) is 0 Å². The average molecular weight is 283 g/mol. The highest BCUT2D eigenvalue weighted by atomic mass is 16.5. The number of benzene rings is 2. The second-order valence-corrected chi connectivity index (χ2v) is 4.69. The van der Waals surface area contributed by atoms with Crippen molar-refractivity contribution in [1.82, 2.24) is 0 Å². The maximum Gasteiger partial charge on any atom is 0.344 e. The van der Waals surface area contributed by atoms with Gasteiger partial charge in [-0.1, -0.05) is 0 Å². The summed E-state index contributed by atoms with van der Waals surface area (Å²) < 4.78 is 10.5. The molecule has 0 aliphatic rings. The molecule has 0 atom stereocenters. The van der Waals surface area contributed by atoms with E-state index in [2.05, 4.69) is 5.32 Å². The summed E-state index contributed by atoms with van der Waals surface area (Å²) >= 11 is 0. The molecule has 0 aliphatic carbocycles. The average Bonchev–Trinajstić information content (AvgIpc) is 2.46. The van der Waals surface area contributed by atoms with E-state index in [0.29, 0.717) is 22.4 Å². The molecule has 21 heavy (non-hydrogen) atoms. The third kappa shape index (κ3) is 2.33. The Hall–Kier alpha value is -2.82. The maximum atomic E-state index is 12.1. The van der Waals surface area contributed by atoms with E-state index in [1.807, 2.05) is 12.1 Å². The normalized spacial score (nSPS) is 10.8. The van der Waals surface area contributed by atoms with Crippen LogP contribution in [0.1, 0.15) is 6.92 Å². The molecule has 1 amide bonds. The molecule has 0 fully saturated rings. The van der Waals surface area contributed by atoms with Crippen molar-refractivity contribution in [3.63, 3.8) is 0 Å². The van der Waals surface area contributed by atoms with Crippen LogP contribution in [-0.2, 0) is 4.79 Å².